The van der Waals surface area contributed by atoms with Crippen LogP contribution in [0.3, 0.4) is 0 Å². The lowest BCUT2D eigenvalue weighted by Crippen LogP contribution is -2.67. The second-order valence-electron chi connectivity index (χ2n) is 13.2. The first-order valence-electron chi connectivity index (χ1n) is 18.0. The Kier molecular flexibility index (Phi) is 16.6. The summed E-state index contributed by atoms with van der Waals surface area (Å²) in [5.41, 5.74) is 10.1. The highest BCUT2D eigenvalue weighted by Crippen LogP contribution is 2.25. The molecule has 0 unspecified atom stereocenters. The van der Waals surface area contributed by atoms with Crippen LogP contribution in [0.4, 0.5) is 0 Å². The lowest BCUT2D eigenvalue weighted by molar-refractivity contribution is -0.142. The summed E-state index contributed by atoms with van der Waals surface area (Å²) in [4.78, 5) is 86.9. The molecule has 3 atom stereocenters. The number of nitrogens with two attached hydrogens (primary N) is 2. The van der Waals surface area contributed by atoms with Crippen LogP contribution in [0, 0.1) is 0 Å². The van der Waals surface area contributed by atoms with Crippen molar-refractivity contribution in [2.75, 3.05) is 32.8 Å². The van der Waals surface area contributed by atoms with E-state index in [9.17, 15) is 33.9 Å². The normalized spacial score (nSPS) is 21.6. The van der Waals surface area contributed by atoms with E-state index in [1.807, 2.05) is 6.07 Å². The van der Waals surface area contributed by atoms with Gasteiger partial charge in [-0.1, -0.05) is 62.9 Å². The van der Waals surface area contributed by atoms with Crippen molar-refractivity contribution >= 4 is 41.4 Å². The van der Waals surface area contributed by atoms with E-state index < -0.39 is 66.4 Å². The predicted molar refractivity (Wildman–Crippen MR) is 191 cm³/mol. The fraction of sp³-hybridized carbons (Fsp3) is 0.629. The van der Waals surface area contributed by atoms with Crippen LogP contribution >= 0.6 is 0 Å². The van der Waals surface area contributed by atoms with Gasteiger partial charge in [-0.2, -0.15) is 0 Å². The number of piperidine rings is 1. The fourth-order valence-corrected chi connectivity index (χ4v) is 6.24. The van der Waals surface area contributed by atoms with Crippen molar-refractivity contribution in [3.05, 3.63) is 35.9 Å². The van der Waals surface area contributed by atoms with Gasteiger partial charge in [-0.15, -0.1) is 0 Å². The van der Waals surface area contributed by atoms with Crippen molar-refractivity contribution in [3.8, 4) is 0 Å². The van der Waals surface area contributed by atoms with Gasteiger partial charge in [0, 0.05) is 39.1 Å². The lowest BCUT2D eigenvalue weighted by Gasteiger charge is -2.42. The van der Waals surface area contributed by atoms with Gasteiger partial charge < -0.3 is 48.1 Å². The average Bonchev–Trinajstić information content (AvgIpc) is 3.11. The Morgan fingerprint density at radius 2 is 1.55 bits per heavy atom. The van der Waals surface area contributed by atoms with Crippen LogP contribution in [0.25, 0.3) is 0 Å². The molecule has 2 aliphatic heterocycles. The Labute approximate surface area is 299 Å². The first kappa shape index (κ1) is 40.7. The molecule has 1 spiro atoms. The molecule has 16 heteroatoms. The first-order chi connectivity index (χ1) is 24.5. The monoisotopic (exact) mass is 713 g/mol. The number of carbonyl (C=O) groups excluding carboxylic acids is 6. The van der Waals surface area contributed by atoms with Gasteiger partial charge in [-0.25, -0.2) is 0 Å². The van der Waals surface area contributed by atoms with Crippen LogP contribution in [0.15, 0.2) is 35.3 Å². The summed E-state index contributed by atoms with van der Waals surface area (Å²) >= 11 is 0. The molecule has 2 fully saturated rings. The number of aliphatic hydroxyl groups excluding tert-OH is 1. The van der Waals surface area contributed by atoms with Crippen LogP contribution < -0.4 is 38.1 Å². The molecule has 0 saturated carbocycles. The summed E-state index contributed by atoms with van der Waals surface area (Å²) in [6.07, 6.45) is 5.84. The van der Waals surface area contributed by atoms with Gasteiger partial charge in [-0.3, -0.25) is 33.8 Å². The van der Waals surface area contributed by atoms with Crippen LogP contribution in [0.5, 0.6) is 0 Å². The minimum Gasteiger partial charge on any atom is -0.396 e. The standard InChI is InChI=1S/C35H55N9O7/c1-2-3-4-5-9-14-29(47)44-19-16-35(17-20-44)33(51)42-27(22-24-11-7-6-8-12-24)31(49)41-26(15-21-45)30(48)39-23-28(46)40-25(32(50)43-35)13-10-18-38-34(36)37/h6-8,11-12,25-27,45H,2-5,9-10,13-23H2,1H3,(H,39,48)(H,40,46)(H,41,49)(H,42,51)(H,43,50)(H4,36,37,38)/t25-,26-,27+/m0/s1. The number of hydrogen-bond donors (Lipinski definition) is 8. The number of rotatable bonds is 14. The Hall–Kier alpha value is -4.73. The van der Waals surface area contributed by atoms with Crippen molar-refractivity contribution in [2.24, 2.45) is 16.5 Å². The van der Waals surface area contributed by atoms with E-state index in [-0.39, 0.29) is 63.6 Å². The molecule has 10 N–H and O–H groups in total. The highest BCUT2D eigenvalue weighted by molar-refractivity contribution is 5.99. The second kappa shape index (κ2) is 20.8. The Morgan fingerprint density at radius 3 is 2.22 bits per heavy atom. The molecular weight excluding hydrogens is 658 g/mol. The Balaban J connectivity index is 1.95. The zero-order valence-electron chi connectivity index (χ0n) is 29.6. The molecule has 1 aromatic carbocycles. The van der Waals surface area contributed by atoms with E-state index in [0.29, 0.717) is 12.8 Å². The number of aliphatic imine (C=N–C) groups is 1. The minimum absolute atomic E-state index is 0.0245. The number of benzene rings is 1. The molecule has 282 valence electrons. The van der Waals surface area contributed by atoms with Crippen molar-refractivity contribution in [1.82, 2.24) is 31.5 Å². The van der Waals surface area contributed by atoms with Gasteiger partial charge in [0.2, 0.25) is 35.4 Å². The van der Waals surface area contributed by atoms with Crippen LogP contribution in [0.2, 0.25) is 0 Å². The van der Waals surface area contributed by atoms with E-state index >= 15 is 0 Å². The molecule has 3 rings (SSSR count). The number of unbranched alkanes of at least 4 members (excludes halogenated alkanes) is 4. The molecule has 2 heterocycles. The summed E-state index contributed by atoms with van der Waals surface area (Å²) in [5, 5.41) is 23.1. The minimum atomic E-state index is -1.54. The van der Waals surface area contributed by atoms with E-state index in [1.165, 1.54) is 0 Å². The summed E-state index contributed by atoms with van der Waals surface area (Å²) in [6, 6.07) is 5.46. The molecular formula is C35H55N9O7. The van der Waals surface area contributed by atoms with E-state index in [1.54, 1.807) is 29.2 Å². The lowest BCUT2D eigenvalue weighted by atomic mass is 9.85. The van der Waals surface area contributed by atoms with Crippen LogP contribution in [0.1, 0.15) is 83.1 Å². The van der Waals surface area contributed by atoms with Crippen molar-refractivity contribution < 1.29 is 33.9 Å². The van der Waals surface area contributed by atoms with Crippen molar-refractivity contribution in [1.29, 1.82) is 0 Å². The van der Waals surface area contributed by atoms with Gasteiger partial charge in [0.1, 0.15) is 23.7 Å². The summed E-state index contributed by atoms with van der Waals surface area (Å²) in [6.45, 7) is 1.73. The maximum Gasteiger partial charge on any atom is 0.246 e. The summed E-state index contributed by atoms with van der Waals surface area (Å²) < 4.78 is 0. The second-order valence-corrected chi connectivity index (χ2v) is 13.2. The number of amides is 6. The number of hydrogen-bond acceptors (Lipinski definition) is 8. The Morgan fingerprint density at radius 1 is 0.863 bits per heavy atom. The third-order valence-corrected chi connectivity index (χ3v) is 9.24. The number of carbonyl (C=O) groups is 6. The van der Waals surface area contributed by atoms with E-state index in [0.717, 1.165) is 37.7 Å². The molecule has 1 aromatic rings. The first-order valence-corrected chi connectivity index (χ1v) is 18.0. The highest BCUT2D eigenvalue weighted by Gasteiger charge is 2.46. The molecule has 2 aliphatic rings. The third kappa shape index (κ3) is 13.2. The van der Waals surface area contributed by atoms with E-state index in [2.05, 4.69) is 38.5 Å². The van der Waals surface area contributed by atoms with E-state index in [4.69, 9.17) is 11.5 Å². The van der Waals surface area contributed by atoms with Gasteiger partial charge in [0.05, 0.1) is 6.54 Å². The fourth-order valence-electron chi connectivity index (χ4n) is 6.24. The molecule has 0 aliphatic carbocycles. The van der Waals surface area contributed by atoms with Crippen molar-refractivity contribution in [2.45, 2.75) is 108 Å². The molecule has 0 aromatic heterocycles. The quantitative estimate of drug-likeness (QED) is 0.0674. The predicted octanol–water partition coefficient (Wildman–Crippen LogP) is -0.913. The number of likely N-dealkylation sites (tertiary alicyclic amines) is 1. The zero-order chi connectivity index (χ0) is 37.2. The van der Waals surface area contributed by atoms with Gasteiger partial charge in [0.15, 0.2) is 5.96 Å². The molecule has 16 nitrogen and oxygen atoms in total. The maximum absolute atomic E-state index is 14.4. The summed E-state index contributed by atoms with van der Waals surface area (Å²) in [5.74, 6) is -3.53. The third-order valence-electron chi connectivity index (χ3n) is 9.24. The SMILES string of the molecule is CCCCCCCC(=O)N1CCC2(CC1)NC(=O)[C@H](CCCN=C(N)N)NC(=O)CNC(=O)[C@H](CCO)NC(=O)[C@@H](Cc1ccccc1)NC2=O. The largest absolute Gasteiger partial charge is 0.396 e. The zero-order valence-corrected chi connectivity index (χ0v) is 29.6. The van der Waals surface area contributed by atoms with Crippen molar-refractivity contribution in [3.63, 3.8) is 0 Å². The summed E-state index contributed by atoms with van der Waals surface area (Å²) in [7, 11) is 0. The molecule has 0 bridgehead atoms. The molecule has 6 amide bonds. The van der Waals surface area contributed by atoms with Gasteiger partial charge >= 0.3 is 0 Å². The number of nitrogens with one attached hydrogen (secondary N) is 5. The van der Waals surface area contributed by atoms with Crippen LogP contribution in [-0.2, 0) is 35.2 Å². The highest BCUT2D eigenvalue weighted by atomic mass is 16.3. The van der Waals surface area contributed by atoms with Gasteiger partial charge in [-0.05, 0) is 44.1 Å². The topological polar surface area (TPSA) is 250 Å². The number of guanidine groups is 1. The number of nitrogens with zero attached hydrogens (tertiary/aromatic N) is 2. The Bertz CT molecular complexity index is 1360. The molecule has 0 radical (unpaired) electrons. The maximum atomic E-state index is 14.4. The number of aliphatic hydroxyl groups is 1. The molecule has 2 saturated heterocycles. The smallest absolute Gasteiger partial charge is 0.246 e. The van der Waals surface area contributed by atoms with Crippen LogP contribution in [-0.4, -0.2) is 108 Å². The molecule has 51 heavy (non-hydrogen) atoms. The average molecular weight is 714 g/mol. The van der Waals surface area contributed by atoms with Gasteiger partial charge in [0.25, 0.3) is 0 Å².